The van der Waals surface area contributed by atoms with Gasteiger partial charge in [-0.1, -0.05) is 5.16 Å². The van der Waals surface area contributed by atoms with Crippen LogP contribution in [0, 0.1) is 6.92 Å². The lowest BCUT2D eigenvalue weighted by Crippen LogP contribution is -2.22. The summed E-state index contributed by atoms with van der Waals surface area (Å²) >= 11 is 0. The number of amidine groups is 1. The van der Waals surface area contributed by atoms with E-state index in [-0.39, 0.29) is 5.84 Å². The van der Waals surface area contributed by atoms with E-state index in [4.69, 9.17) is 10.9 Å². The number of rotatable bonds is 5. The maximum absolute atomic E-state index is 8.32. The van der Waals surface area contributed by atoms with Gasteiger partial charge in [-0.05, 0) is 6.92 Å². The normalized spacial score (nSPS) is 12.0. The van der Waals surface area contributed by atoms with Gasteiger partial charge in [0.1, 0.15) is 5.84 Å². The maximum atomic E-state index is 8.32. The number of aromatic nitrogens is 2. The lowest BCUT2D eigenvalue weighted by atomic mass is 10.2. The summed E-state index contributed by atoms with van der Waals surface area (Å²) in [5, 5.41) is 18.5. The van der Waals surface area contributed by atoms with Crippen molar-refractivity contribution in [3.05, 3.63) is 17.5 Å². The summed E-state index contributed by atoms with van der Waals surface area (Å²) < 4.78 is 1.83. The minimum Gasteiger partial charge on any atom is -0.409 e. The van der Waals surface area contributed by atoms with Gasteiger partial charge in [0.05, 0.1) is 6.20 Å². The molecule has 0 radical (unpaired) electrons. The van der Waals surface area contributed by atoms with E-state index in [1.807, 2.05) is 24.9 Å². The maximum Gasteiger partial charge on any atom is 0.140 e. The number of nitrogens with one attached hydrogen (secondary N) is 1. The molecule has 0 saturated carbocycles. The van der Waals surface area contributed by atoms with Crippen LogP contribution in [0.15, 0.2) is 11.4 Å². The van der Waals surface area contributed by atoms with E-state index in [1.54, 1.807) is 0 Å². The van der Waals surface area contributed by atoms with Gasteiger partial charge in [0.15, 0.2) is 0 Å². The van der Waals surface area contributed by atoms with Gasteiger partial charge in [-0.25, -0.2) is 0 Å². The molecule has 0 bridgehead atoms. The molecule has 1 aromatic heterocycles. The third kappa shape index (κ3) is 3.25. The average Bonchev–Trinajstić information content (AvgIpc) is 2.55. The molecule has 0 aromatic carbocycles. The Morgan fingerprint density at radius 2 is 2.47 bits per heavy atom. The molecule has 4 N–H and O–H groups in total. The molecule has 0 unspecified atom stereocenters. The van der Waals surface area contributed by atoms with Crippen molar-refractivity contribution in [1.29, 1.82) is 0 Å². The third-order valence-corrected chi connectivity index (χ3v) is 2.34. The first-order valence-electron chi connectivity index (χ1n) is 4.79. The Labute approximate surface area is 88.8 Å². The zero-order valence-electron chi connectivity index (χ0n) is 9.06. The third-order valence-electron chi connectivity index (χ3n) is 2.34. The van der Waals surface area contributed by atoms with Crippen LogP contribution in [0.3, 0.4) is 0 Å². The minimum absolute atomic E-state index is 0.241. The van der Waals surface area contributed by atoms with Crippen molar-refractivity contribution in [1.82, 2.24) is 15.1 Å². The van der Waals surface area contributed by atoms with Crippen LogP contribution in [-0.4, -0.2) is 27.4 Å². The fourth-order valence-corrected chi connectivity index (χ4v) is 1.21. The average molecular weight is 211 g/mol. The Balaban J connectivity index is 2.29. The van der Waals surface area contributed by atoms with E-state index in [0.717, 1.165) is 17.8 Å². The summed E-state index contributed by atoms with van der Waals surface area (Å²) in [6.07, 6.45) is 2.38. The Bertz CT molecular complexity index is 344. The molecule has 0 fully saturated rings. The summed E-state index contributed by atoms with van der Waals surface area (Å²) in [6.45, 7) is 3.45. The number of hydrogen-bond donors (Lipinski definition) is 3. The number of nitrogens with two attached hydrogens (primary N) is 1. The van der Waals surface area contributed by atoms with Crippen LogP contribution in [0.5, 0.6) is 0 Å². The molecule has 0 saturated heterocycles. The van der Waals surface area contributed by atoms with Gasteiger partial charge < -0.3 is 16.3 Å². The SMILES string of the molecule is Cc1c(CNCCC(N)=NO)cnn1C. The number of oxime groups is 1. The molecule has 6 nitrogen and oxygen atoms in total. The van der Waals surface area contributed by atoms with E-state index in [9.17, 15) is 0 Å². The molecule has 15 heavy (non-hydrogen) atoms. The molecule has 0 amide bonds. The van der Waals surface area contributed by atoms with E-state index >= 15 is 0 Å². The molecule has 84 valence electrons. The van der Waals surface area contributed by atoms with E-state index in [2.05, 4.69) is 15.6 Å². The highest BCUT2D eigenvalue weighted by Crippen LogP contribution is 2.04. The summed E-state index contributed by atoms with van der Waals surface area (Å²) in [6, 6.07) is 0. The fraction of sp³-hybridized carbons (Fsp3) is 0.556. The molecule has 0 spiro atoms. The van der Waals surface area contributed by atoms with Crippen molar-refractivity contribution in [3.8, 4) is 0 Å². The number of hydrogen-bond acceptors (Lipinski definition) is 4. The molecule has 6 heteroatoms. The van der Waals surface area contributed by atoms with Crippen LogP contribution >= 0.6 is 0 Å². The van der Waals surface area contributed by atoms with Crippen molar-refractivity contribution in [3.63, 3.8) is 0 Å². The predicted molar refractivity (Wildman–Crippen MR) is 57.7 cm³/mol. The van der Waals surface area contributed by atoms with Crippen molar-refractivity contribution in [2.45, 2.75) is 19.9 Å². The first kappa shape index (κ1) is 11.5. The summed E-state index contributed by atoms with van der Waals surface area (Å²) in [5.41, 5.74) is 7.64. The van der Waals surface area contributed by atoms with Crippen LogP contribution in [-0.2, 0) is 13.6 Å². The monoisotopic (exact) mass is 211 g/mol. The van der Waals surface area contributed by atoms with Gasteiger partial charge in [0.25, 0.3) is 0 Å². The topological polar surface area (TPSA) is 88.5 Å². The molecule has 1 rings (SSSR count). The molecule has 0 aliphatic carbocycles. The molecule has 0 aliphatic rings. The summed E-state index contributed by atoms with van der Waals surface area (Å²) in [7, 11) is 1.91. The lowest BCUT2D eigenvalue weighted by molar-refractivity contribution is 0.316. The van der Waals surface area contributed by atoms with E-state index in [1.165, 1.54) is 0 Å². The van der Waals surface area contributed by atoms with E-state index in [0.29, 0.717) is 13.0 Å². The Morgan fingerprint density at radius 3 is 3.00 bits per heavy atom. The predicted octanol–water partition coefficient (Wildman–Crippen LogP) is -0.0454. The smallest absolute Gasteiger partial charge is 0.140 e. The molecule has 1 heterocycles. The number of nitrogens with zero attached hydrogens (tertiary/aromatic N) is 3. The van der Waals surface area contributed by atoms with Crippen LogP contribution in [0.4, 0.5) is 0 Å². The first-order chi connectivity index (χ1) is 7.15. The van der Waals surface area contributed by atoms with Crippen LogP contribution in [0.25, 0.3) is 0 Å². The van der Waals surface area contributed by atoms with E-state index < -0.39 is 0 Å². The van der Waals surface area contributed by atoms with Gasteiger partial charge in [0.2, 0.25) is 0 Å². The number of aryl methyl sites for hydroxylation is 1. The standard InChI is InChI=1S/C9H17N5O/c1-7-8(6-12-14(7)2)5-11-4-3-9(10)13-15/h6,11,15H,3-5H2,1-2H3,(H2,10,13). The van der Waals surface area contributed by atoms with Gasteiger partial charge in [-0.3, -0.25) is 4.68 Å². The summed E-state index contributed by atoms with van der Waals surface area (Å²) in [4.78, 5) is 0. The van der Waals surface area contributed by atoms with Gasteiger partial charge >= 0.3 is 0 Å². The van der Waals surface area contributed by atoms with Crippen molar-refractivity contribution < 1.29 is 5.21 Å². The largest absolute Gasteiger partial charge is 0.409 e. The Morgan fingerprint density at radius 1 is 1.73 bits per heavy atom. The van der Waals surface area contributed by atoms with Crippen LogP contribution < -0.4 is 11.1 Å². The molecular weight excluding hydrogens is 194 g/mol. The zero-order valence-corrected chi connectivity index (χ0v) is 9.06. The Hall–Kier alpha value is -1.56. The van der Waals surface area contributed by atoms with Gasteiger partial charge in [0, 0.05) is 37.8 Å². The Kier molecular flexibility index (Phi) is 4.11. The second-order valence-electron chi connectivity index (χ2n) is 3.40. The highest BCUT2D eigenvalue weighted by atomic mass is 16.4. The highest BCUT2D eigenvalue weighted by Gasteiger charge is 2.02. The van der Waals surface area contributed by atoms with Crippen molar-refractivity contribution in [2.75, 3.05) is 6.54 Å². The second kappa shape index (κ2) is 5.35. The zero-order chi connectivity index (χ0) is 11.3. The summed E-state index contributed by atoms with van der Waals surface area (Å²) in [5.74, 6) is 0.241. The van der Waals surface area contributed by atoms with Crippen LogP contribution in [0.1, 0.15) is 17.7 Å². The lowest BCUT2D eigenvalue weighted by Gasteiger charge is -2.03. The molecule has 0 aliphatic heterocycles. The minimum atomic E-state index is 0.241. The molecule has 0 atom stereocenters. The highest BCUT2D eigenvalue weighted by molar-refractivity contribution is 5.79. The molecular formula is C9H17N5O. The van der Waals surface area contributed by atoms with Crippen molar-refractivity contribution in [2.24, 2.45) is 17.9 Å². The molecule has 1 aromatic rings. The van der Waals surface area contributed by atoms with Crippen molar-refractivity contribution >= 4 is 5.84 Å². The van der Waals surface area contributed by atoms with Crippen LogP contribution in [0.2, 0.25) is 0 Å². The second-order valence-corrected chi connectivity index (χ2v) is 3.40. The quantitative estimate of drug-likeness (QED) is 0.209. The fourth-order valence-electron chi connectivity index (χ4n) is 1.21. The van der Waals surface area contributed by atoms with Gasteiger partial charge in [-0.2, -0.15) is 5.10 Å². The first-order valence-corrected chi connectivity index (χ1v) is 4.79. The van der Waals surface area contributed by atoms with Gasteiger partial charge in [-0.15, -0.1) is 0 Å².